The first-order valence-electron chi connectivity index (χ1n) is 5.88. The Bertz CT molecular complexity index is 234. The molecule has 0 rings (SSSR count). The number of hydrogen-bond acceptors (Lipinski definition) is 5. The first-order valence-corrected chi connectivity index (χ1v) is 5.88. The molecule has 0 atom stereocenters. The molecule has 0 heterocycles. The number of carbonyl (C=O) groups is 2. The van der Waals surface area contributed by atoms with Crippen molar-refractivity contribution in [1.29, 1.82) is 0 Å². The predicted molar refractivity (Wildman–Crippen MR) is 63.4 cm³/mol. The van der Waals surface area contributed by atoms with E-state index in [0.29, 0.717) is 26.4 Å². The van der Waals surface area contributed by atoms with Crippen LogP contribution in [0.15, 0.2) is 0 Å². The number of carbonyl (C=O) groups excluding carboxylic acids is 1. The van der Waals surface area contributed by atoms with Gasteiger partial charge in [-0.1, -0.05) is 6.92 Å². The minimum atomic E-state index is -1.01. The van der Waals surface area contributed by atoms with Gasteiger partial charge in [0, 0.05) is 13.2 Å². The lowest BCUT2D eigenvalue weighted by atomic mass is 10.5. The third-order valence-electron chi connectivity index (χ3n) is 1.75. The maximum atomic E-state index is 11.1. The summed E-state index contributed by atoms with van der Waals surface area (Å²) in [5, 5.41) is 10.9. The molecule has 2 N–H and O–H groups in total. The molecule has 0 fully saturated rings. The fourth-order valence-corrected chi connectivity index (χ4v) is 1.00. The lowest BCUT2D eigenvalue weighted by Gasteiger charge is -2.06. The molecule has 0 aromatic rings. The van der Waals surface area contributed by atoms with E-state index in [4.69, 9.17) is 19.3 Å². The first-order chi connectivity index (χ1) is 8.66. The quantitative estimate of drug-likeness (QED) is 0.467. The van der Waals surface area contributed by atoms with Crippen LogP contribution in [0.4, 0.5) is 0 Å². The van der Waals surface area contributed by atoms with Crippen molar-refractivity contribution in [2.24, 2.45) is 0 Å². The maximum absolute atomic E-state index is 11.1. The highest BCUT2D eigenvalue weighted by molar-refractivity contribution is 5.77. The zero-order valence-electron chi connectivity index (χ0n) is 10.6. The molecular weight excluding hydrogens is 242 g/mol. The molecule has 1 amide bonds. The molecule has 0 aromatic carbocycles. The molecule has 0 unspecified atom stereocenters. The summed E-state index contributed by atoms with van der Waals surface area (Å²) in [4.78, 5) is 21.2. The summed E-state index contributed by atoms with van der Waals surface area (Å²) in [5.41, 5.74) is 0. The van der Waals surface area contributed by atoms with Crippen molar-refractivity contribution in [1.82, 2.24) is 5.32 Å². The number of aliphatic carboxylic acids is 1. The highest BCUT2D eigenvalue weighted by Crippen LogP contribution is 1.81. The number of carboxylic acids is 1. The Morgan fingerprint density at radius 1 is 1.00 bits per heavy atom. The highest BCUT2D eigenvalue weighted by Gasteiger charge is 2.00. The van der Waals surface area contributed by atoms with E-state index in [9.17, 15) is 9.59 Å². The SMILES string of the molecule is CCCOCC(=O)NCCOCCOCC(=O)O. The summed E-state index contributed by atoms with van der Waals surface area (Å²) in [7, 11) is 0. The number of nitrogens with one attached hydrogen (secondary N) is 1. The predicted octanol–water partition coefficient (Wildman–Crippen LogP) is -0.353. The normalized spacial score (nSPS) is 10.3. The standard InChI is InChI=1S/C11H21NO6/c1-2-4-17-8-10(13)12-3-5-16-6-7-18-9-11(14)15/h2-9H2,1H3,(H,12,13)(H,14,15). The van der Waals surface area contributed by atoms with Crippen molar-refractivity contribution in [3.63, 3.8) is 0 Å². The monoisotopic (exact) mass is 263 g/mol. The van der Waals surface area contributed by atoms with E-state index in [1.54, 1.807) is 0 Å². The van der Waals surface area contributed by atoms with Crippen molar-refractivity contribution in [3.05, 3.63) is 0 Å². The van der Waals surface area contributed by atoms with Crippen LogP contribution in [0.25, 0.3) is 0 Å². The van der Waals surface area contributed by atoms with Crippen LogP contribution in [0, 0.1) is 0 Å². The molecule has 7 nitrogen and oxygen atoms in total. The van der Waals surface area contributed by atoms with Gasteiger partial charge in [0.25, 0.3) is 0 Å². The van der Waals surface area contributed by atoms with Gasteiger partial charge in [-0.15, -0.1) is 0 Å². The Labute approximate surface area is 106 Å². The summed E-state index contributed by atoms with van der Waals surface area (Å²) < 4.78 is 14.9. The zero-order valence-corrected chi connectivity index (χ0v) is 10.6. The summed E-state index contributed by atoms with van der Waals surface area (Å²) in [6.45, 7) is 3.56. The van der Waals surface area contributed by atoms with Gasteiger partial charge in [-0.2, -0.15) is 0 Å². The van der Waals surface area contributed by atoms with Gasteiger partial charge in [0.15, 0.2) is 0 Å². The van der Waals surface area contributed by atoms with Gasteiger partial charge in [-0.05, 0) is 6.42 Å². The van der Waals surface area contributed by atoms with E-state index >= 15 is 0 Å². The second kappa shape index (κ2) is 12.3. The van der Waals surface area contributed by atoms with Crippen LogP contribution >= 0.6 is 0 Å². The number of rotatable bonds is 12. The van der Waals surface area contributed by atoms with E-state index in [1.165, 1.54) is 0 Å². The van der Waals surface area contributed by atoms with Crippen LogP contribution in [0.2, 0.25) is 0 Å². The zero-order chi connectivity index (χ0) is 13.6. The summed E-state index contributed by atoms with van der Waals surface area (Å²) in [6, 6.07) is 0. The van der Waals surface area contributed by atoms with Crippen molar-refractivity contribution in [2.75, 3.05) is 46.2 Å². The number of amides is 1. The van der Waals surface area contributed by atoms with Crippen molar-refractivity contribution in [2.45, 2.75) is 13.3 Å². The Balaban J connectivity index is 3.15. The third kappa shape index (κ3) is 12.9. The van der Waals surface area contributed by atoms with Gasteiger partial charge >= 0.3 is 5.97 Å². The molecule has 106 valence electrons. The smallest absolute Gasteiger partial charge is 0.329 e. The molecule has 0 radical (unpaired) electrons. The molecule has 0 saturated carbocycles. The average molecular weight is 263 g/mol. The van der Waals surface area contributed by atoms with Crippen molar-refractivity contribution in [3.8, 4) is 0 Å². The Morgan fingerprint density at radius 2 is 1.67 bits per heavy atom. The lowest BCUT2D eigenvalue weighted by molar-refractivity contribution is -0.142. The van der Waals surface area contributed by atoms with Gasteiger partial charge < -0.3 is 24.6 Å². The summed E-state index contributed by atoms with van der Waals surface area (Å²) in [5.74, 6) is -1.18. The van der Waals surface area contributed by atoms with E-state index < -0.39 is 5.97 Å². The molecule has 0 aromatic heterocycles. The minimum absolute atomic E-state index is 0.0650. The van der Waals surface area contributed by atoms with Gasteiger partial charge in [-0.25, -0.2) is 4.79 Å². The van der Waals surface area contributed by atoms with Crippen LogP contribution in [-0.2, 0) is 23.8 Å². The summed E-state index contributed by atoms with van der Waals surface area (Å²) in [6.07, 6.45) is 0.882. The lowest BCUT2D eigenvalue weighted by Crippen LogP contribution is -2.31. The van der Waals surface area contributed by atoms with E-state index in [2.05, 4.69) is 5.32 Å². The van der Waals surface area contributed by atoms with E-state index in [1.807, 2.05) is 6.92 Å². The fraction of sp³-hybridized carbons (Fsp3) is 0.818. The van der Waals surface area contributed by atoms with E-state index in [-0.39, 0.29) is 25.7 Å². The van der Waals surface area contributed by atoms with Crippen LogP contribution in [-0.4, -0.2) is 63.2 Å². The number of carboxylic acid groups (broad SMARTS) is 1. The Morgan fingerprint density at radius 3 is 2.33 bits per heavy atom. The van der Waals surface area contributed by atoms with Gasteiger partial charge in [0.1, 0.15) is 13.2 Å². The van der Waals surface area contributed by atoms with Gasteiger partial charge in [0.2, 0.25) is 5.91 Å². The van der Waals surface area contributed by atoms with Crippen LogP contribution < -0.4 is 5.32 Å². The molecular formula is C11H21NO6. The third-order valence-corrected chi connectivity index (χ3v) is 1.75. The first kappa shape index (κ1) is 16.8. The Kier molecular flexibility index (Phi) is 11.5. The second-order valence-corrected chi connectivity index (χ2v) is 3.46. The van der Waals surface area contributed by atoms with Crippen molar-refractivity contribution >= 4 is 11.9 Å². The van der Waals surface area contributed by atoms with Crippen molar-refractivity contribution < 1.29 is 28.9 Å². The molecule has 7 heteroatoms. The van der Waals surface area contributed by atoms with Crippen LogP contribution in [0.3, 0.4) is 0 Å². The molecule has 0 aliphatic heterocycles. The van der Waals surface area contributed by atoms with Gasteiger partial charge in [-0.3, -0.25) is 4.79 Å². The maximum Gasteiger partial charge on any atom is 0.329 e. The largest absolute Gasteiger partial charge is 0.480 e. The number of ether oxygens (including phenoxy) is 3. The average Bonchev–Trinajstić information content (AvgIpc) is 2.32. The molecule has 0 saturated heterocycles. The summed E-state index contributed by atoms with van der Waals surface area (Å²) >= 11 is 0. The Hall–Kier alpha value is -1.18. The molecule has 0 bridgehead atoms. The molecule has 0 spiro atoms. The van der Waals surface area contributed by atoms with Gasteiger partial charge in [0.05, 0.1) is 19.8 Å². The fourth-order valence-electron chi connectivity index (χ4n) is 1.00. The molecule has 0 aliphatic carbocycles. The second-order valence-electron chi connectivity index (χ2n) is 3.46. The highest BCUT2D eigenvalue weighted by atomic mass is 16.5. The minimum Gasteiger partial charge on any atom is -0.480 e. The number of hydrogen-bond donors (Lipinski definition) is 2. The molecule has 18 heavy (non-hydrogen) atoms. The molecule has 0 aliphatic rings. The topological polar surface area (TPSA) is 94.1 Å². The van der Waals surface area contributed by atoms with Crippen LogP contribution in [0.1, 0.15) is 13.3 Å². The van der Waals surface area contributed by atoms with E-state index in [0.717, 1.165) is 6.42 Å². The van der Waals surface area contributed by atoms with Crippen LogP contribution in [0.5, 0.6) is 0 Å².